The first kappa shape index (κ1) is 20.9. The van der Waals surface area contributed by atoms with Gasteiger partial charge in [0.25, 0.3) is 5.91 Å². The Bertz CT molecular complexity index is 596. The van der Waals surface area contributed by atoms with Crippen molar-refractivity contribution in [3.63, 3.8) is 0 Å². The number of sulfonamides is 1. The van der Waals surface area contributed by atoms with E-state index >= 15 is 0 Å². The Labute approximate surface area is 141 Å². The third kappa shape index (κ3) is 6.80. The normalized spacial score (nSPS) is 10.8. The van der Waals surface area contributed by atoms with Gasteiger partial charge in [-0.15, -0.1) is 12.4 Å². The van der Waals surface area contributed by atoms with Crippen LogP contribution < -0.4 is 20.5 Å². The third-order valence-corrected chi connectivity index (χ3v) is 4.18. The molecule has 7 nitrogen and oxygen atoms in total. The maximum absolute atomic E-state index is 12.2. The Morgan fingerprint density at radius 1 is 1.36 bits per heavy atom. The van der Waals surface area contributed by atoms with Gasteiger partial charge in [0.2, 0.25) is 10.0 Å². The molecule has 1 amide bonds. The maximum Gasteiger partial charge on any atom is 0.255 e. The van der Waals surface area contributed by atoms with Crippen molar-refractivity contribution in [1.29, 1.82) is 0 Å². The summed E-state index contributed by atoms with van der Waals surface area (Å²) in [6, 6.07) is 4.11. The van der Waals surface area contributed by atoms with Gasteiger partial charge in [-0.1, -0.05) is 11.6 Å². The average molecular weight is 372 g/mol. The van der Waals surface area contributed by atoms with E-state index in [-0.39, 0.29) is 34.6 Å². The molecule has 0 aliphatic rings. The number of halogens is 2. The summed E-state index contributed by atoms with van der Waals surface area (Å²) in [5.41, 5.74) is 4.98. The Morgan fingerprint density at radius 3 is 2.64 bits per heavy atom. The summed E-state index contributed by atoms with van der Waals surface area (Å²) < 4.78 is 32.0. The fraction of sp³-hybridized carbons (Fsp3) is 0.417. The van der Waals surface area contributed by atoms with Crippen molar-refractivity contribution in [1.82, 2.24) is 10.0 Å². The molecule has 1 aromatic carbocycles. The molecule has 0 saturated carbocycles. The van der Waals surface area contributed by atoms with Crippen LogP contribution >= 0.6 is 24.0 Å². The van der Waals surface area contributed by atoms with E-state index in [1.54, 1.807) is 7.05 Å². The minimum Gasteiger partial charge on any atom is -0.482 e. The molecule has 0 saturated heterocycles. The first-order chi connectivity index (χ1) is 9.86. The number of rotatable bonds is 9. The molecule has 0 heterocycles. The average Bonchev–Trinajstić information content (AvgIpc) is 2.42. The van der Waals surface area contributed by atoms with Crippen LogP contribution in [0.25, 0.3) is 0 Å². The van der Waals surface area contributed by atoms with Gasteiger partial charge in [-0.25, -0.2) is 13.1 Å². The number of primary amides is 1. The fourth-order valence-corrected chi connectivity index (χ4v) is 2.99. The monoisotopic (exact) mass is 371 g/mol. The second-order valence-corrected chi connectivity index (χ2v) is 6.37. The summed E-state index contributed by atoms with van der Waals surface area (Å²) in [4.78, 5) is 10.6. The summed E-state index contributed by atoms with van der Waals surface area (Å²) in [6.07, 6.45) is 0.633. The minimum atomic E-state index is -3.78. The van der Waals surface area contributed by atoms with E-state index in [1.807, 2.05) is 0 Å². The zero-order valence-electron chi connectivity index (χ0n) is 12.0. The number of amides is 1. The molecule has 126 valence electrons. The number of hydrogen-bond acceptors (Lipinski definition) is 5. The smallest absolute Gasteiger partial charge is 0.255 e. The van der Waals surface area contributed by atoms with Gasteiger partial charge in [0.15, 0.2) is 6.61 Å². The quantitative estimate of drug-likeness (QED) is 0.547. The molecular formula is C12H19Cl2N3O4S. The number of nitrogens with two attached hydrogens (primary N) is 1. The second-order valence-electron chi connectivity index (χ2n) is 4.20. The van der Waals surface area contributed by atoms with E-state index in [0.29, 0.717) is 13.0 Å². The summed E-state index contributed by atoms with van der Waals surface area (Å²) in [7, 11) is -2.00. The Morgan fingerprint density at radius 2 is 2.05 bits per heavy atom. The van der Waals surface area contributed by atoms with Gasteiger partial charge in [-0.05, 0) is 38.2 Å². The highest BCUT2D eigenvalue weighted by atomic mass is 35.5. The molecule has 0 radical (unpaired) electrons. The predicted molar refractivity (Wildman–Crippen MR) is 87.1 cm³/mol. The molecule has 0 aromatic heterocycles. The first-order valence-corrected chi connectivity index (χ1v) is 8.08. The van der Waals surface area contributed by atoms with Crippen LogP contribution in [0.3, 0.4) is 0 Å². The minimum absolute atomic E-state index is 0. The molecule has 0 fully saturated rings. The van der Waals surface area contributed by atoms with Gasteiger partial charge in [-0.3, -0.25) is 4.79 Å². The van der Waals surface area contributed by atoms with Crippen LogP contribution in [0, 0.1) is 0 Å². The fourth-order valence-electron chi connectivity index (χ4n) is 1.51. The van der Waals surface area contributed by atoms with Crippen LogP contribution in [-0.2, 0) is 14.8 Å². The highest BCUT2D eigenvalue weighted by Crippen LogP contribution is 2.27. The van der Waals surface area contributed by atoms with Gasteiger partial charge in [0, 0.05) is 11.6 Å². The van der Waals surface area contributed by atoms with E-state index in [9.17, 15) is 13.2 Å². The summed E-state index contributed by atoms with van der Waals surface area (Å²) in [5.74, 6) is -0.672. The molecule has 10 heteroatoms. The van der Waals surface area contributed by atoms with Gasteiger partial charge in [0.05, 0.1) is 0 Å². The molecule has 22 heavy (non-hydrogen) atoms. The molecule has 0 spiro atoms. The summed E-state index contributed by atoms with van der Waals surface area (Å²) >= 11 is 5.82. The lowest BCUT2D eigenvalue weighted by Crippen LogP contribution is -2.28. The standard InChI is InChI=1S/C12H18ClN3O4S.ClH/c1-15-5-2-6-16-21(18,19)11-7-9(13)3-4-10(11)20-8-12(14)17;/h3-4,7,15-16H,2,5-6,8H2,1H3,(H2,14,17);1H. The summed E-state index contributed by atoms with van der Waals surface area (Å²) in [6.45, 7) is 0.540. The van der Waals surface area contributed by atoms with Gasteiger partial charge in [0.1, 0.15) is 10.6 Å². The largest absolute Gasteiger partial charge is 0.482 e. The van der Waals surface area contributed by atoms with Crippen molar-refractivity contribution in [2.45, 2.75) is 11.3 Å². The SMILES string of the molecule is CNCCCNS(=O)(=O)c1cc(Cl)ccc1OCC(N)=O.Cl. The Kier molecular flexibility index (Phi) is 9.38. The van der Waals surface area contributed by atoms with Crippen molar-refractivity contribution in [2.24, 2.45) is 5.73 Å². The number of carbonyl (C=O) groups excluding carboxylic acids is 1. The van der Waals surface area contributed by atoms with Crippen LogP contribution in [0.2, 0.25) is 5.02 Å². The van der Waals surface area contributed by atoms with E-state index in [4.69, 9.17) is 22.1 Å². The van der Waals surface area contributed by atoms with Gasteiger partial charge in [-0.2, -0.15) is 0 Å². The van der Waals surface area contributed by atoms with Crippen molar-refractivity contribution in [2.75, 3.05) is 26.7 Å². The lowest BCUT2D eigenvalue weighted by molar-refractivity contribution is -0.120. The molecule has 0 aliphatic heterocycles. The Balaban J connectivity index is 0.00000441. The van der Waals surface area contributed by atoms with Crippen LogP contribution in [0.1, 0.15) is 6.42 Å². The molecule has 0 atom stereocenters. The highest BCUT2D eigenvalue weighted by Gasteiger charge is 2.20. The van der Waals surface area contributed by atoms with Crippen LogP contribution in [0.5, 0.6) is 5.75 Å². The predicted octanol–water partition coefficient (Wildman–Crippen LogP) is 0.514. The van der Waals surface area contributed by atoms with Gasteiger partial charge < -0.3 is 15.8 Å². The van der Waals surface area contributed by atoms with E-state index in [1.165, 1.54) is 18.2 Å². The number of carbonyl (C=O) groups is 1. The zero-order valence-corrected chi connectivity index (χ0v) is 14.4. The van der Waals surface area contributed by atoms with E-state index < -0.39 is 22.5 Å². The lowest BCUT2D eigenvalue weighted by Gasteiger charge is -2.12. The first-order valence-electron chi connectivity index (χ1n) is 6.21. The van der Waals surface area contributed by atoms with Crippen molar-refractivity contribution >= 4 is 39.9 Å². The number of benzene rings is 1. The van der Waals surface area contributed by atoms with Gasteiger partial charge >= 0.3 is 0 Å². The van der Waals surface area contributed by atoms with E-state index in [0.717, 1.165) is 0 Å². The molecule has 1 rings (SSSR count). The van der Waals surface area contributed by atoms with Crippen molar-refractivity contribution in [3.05, 3.63) is 23.2 Å². The molecular weight excluding hydrogens is 353 g/mol. The highest BCUT2D eigenvalue weighted by molar-refractivity contribution is 7.89. The topological polar surface area (TPSA) is 111 Å². The molecule has 1 aromatic rings. The second kappa shape index (κ2) is 9.86. The van der Waals surface area contributed by atoms with Crippen LogP contribution in [0.4, 0.5) is 0 Å². The summed E-state index contributed by atoms with van der Waals surface area (Å²) in [5, 5.41) is 3.16. The molecule has 0 aliphatic carbocycles. The van der Waals surface area contributed by atoms with Crippen molar-refractivity contribution < 1.29 is 17.9 Å². The van der Waals surface area contributed by atoms with Crippen LogP contribution in [0.15, 0.2) is 23.1 Å². The van der Waals surface area contributed by atoms with E-state index in [2.05, 4.69) is 10.0 Å². The number of ether oxygens (including phenoxy) is 1. The maximum atomic E-state index is 12.2. The van der Waals surface area contributed by atoms with Crippen molar-refractivity contribution in [3.8, 4) is 5.75 Å². The molecule has 0 bridgehead atoms. The Hall–Kier alpha value is -1.06. The number of hydrogen-bond donors (Lipinski definition) is 3. The lowest BCUT2D eigenvalue weighted by atomic mass is 10.3. The third-order valence-electron chi connectivity index (χ3n) is 2.46. The zero-order chi connectivity index (χ0) is 15.9. The van der Waals surface area contributed by atoms with Crippen LogP contribution in [-0.4, -0.2) is 41.1 Å². The number of nitrogens with one attached hydrogen (secondary N) is 2. The molecule has 4 N–H and O–H groups in total. The molecule has 0 unspecified atom stereocenters.